The largest absolute Gasteiger partial charge is 0.474 e. The van der Waals surface area contributed by atoms with Crippen molar-refractivity contribution in [3.63, 3.8) is 0 Å². The standard InChI is InChI=1S/C27H36N4O3/c1-19-10-8-11-20(2)30(19)16-6-3-7-17-31-23-14-4-5-15-24(23)34-25(27(31)32)21-12-9-13-22(18-21)26(28)29-33/h4-5,9,12-15,18-20,25,33H,3,6-8,10-11,16-17H2,1-2H3,(H2,28,29)/t19-,20+,25?. The smallest absolute Gasteiger partial charge is 0.272 e. The summed E-state index contributed by atoms with van der Waals surface area (Å²) >= 11 is 0. The van der Waals surface area contributed by atoms with Crippen molar-refractivity contribution in [3.8, 4) is 5.75 Å². The van der Waals surface area contributed by atoms with Crippen molar-refractivity contribution in [2.24, 2.45) is 10.9 Å². The third-order valence-corrected chi connectivity index (χ3v) is 7.16. The Hall–Kier alpha value is -3.06. The van der Waals surface area contributed by atoms with Crippen molar-refractivity contribution in [2.45, 2.75) is 70.6 Å². The maximum Gasteiger partial charge on any atom is 0.272 e. The van der Waals surface area contributed by atoms with Gasteiger partial charge in [-0.1, -0.05) is 48.3 Å². The van der Waals surface area contributed by atoms with Crippen LogP contribution in [0.15, 0.2) is 53.7 Å². The number of amidine groups is 1. The first-order chi connectivity index (χ1) is 16.5. The number of hydrogen-bond acceptors (Lipinski definition) is 5. The van der Waals surface area contributed by atoms with Crippen molar-refractivity contribution in [2.75, 3.05) is 18.0 Å². The SMILES string of the molecule is C[C@@H]1CCC[C@H](C)N1CCCCCN1C(=O)C(c2cccc(C(N)=NO)c2)Oc2ccccc21. The summed E-state index contributed by atoms with van der Waals surface area (Å²) in [6, 6.07) is 16.1. The number of piperidine rings is 1. The number of anilines is 1. The van der Waals surface area contributed by atoms with Gasteiger partial charge >= 0.3 is 0 Å². The zero-order chi connectivity index (χ0) is 24.1. The number of carbonyl (C=O) groups excluding carboxylic acids is 1. The molecular weight excluding hydrogens is 428 g/mol. The fourth-order valence-electron chi connectivity index (χ4n) is 5.23. The first-order valence-corrected chi connectivity index (χ1v) is 12.4. The Morgan fingerprint density at radius 1 is 1.06 bits per heavy atom. The van der Waals surface area contributed by atoms with Crippen LogP contribution in [0.4, 0.5) is 5.69 Å². The monoisotopic (exact) mass is 464 g/mol. The average Bonchev–Trinajstić information content (AvgIpc) is 2.85. The molecule has 34 heavy (non-hydrogen) atoms. The van der Waals surface area contributed by atoms with Crippen LogP contribution >= 0.6 is 0 Å². The van der Waals surface area contributed by atoms with Crippen molar-refractivity contribution >= 4 is 17.4 Å². The zero-order valence-corrected chi connectivity index (χ0v) is 20.2. The second-order valence-corrected chi connectivity index (χ2v) is 9.49. The molecule has 0 aromatic heterocycles. The van der Waals surface area contributed by atoms with Crippen LogP contribution in [0, 0.1) is 0 Å². The van der Waals surface area contributed by atoms with Crippen molar-refractivity contribution in [3.05, 3.63) is 59.7 Å². The second-order valence-electron chi connectivity index (χ2n) is 9.49. The van der Waals surface area contributed by atoms with E-state index in [1.807, 2.05) is 35.2 Å². The molecule has 1 amide bonds. The first-order valence-electron chi connectivity index (χ1n) is 12.4. The number of nitrogens with two attached hydrogens (primary N) is 1. The van der Waals surface area contributed by atoms with Crippen LogP contribution in [0.2, 0.25) is 0 Å². The van der Waals surface area contributed by atoms with Crippen molar-refractivity contribution in [1.82, 2.24) is 4.90 Å². The minimum absolute atomic E-state index is 0.000271. The Morgan fingerprint density at radius 3 is 2.56 bits per heavy atom. The van der Waals surface area contributed by atoms with Gasteiger partial charge in [0.25, 0.3) is 5.91 Å². The number of nitrogens with zero attached hydrogens (tertiary/aromatic N) is 3. The number of fused-ring (bicyclic) bond motifs is 1. The maximum absolute atomic E-state index is 13.5. The van der Waals surface area contributed by atoms with Gasteiger partial charge in [0.1, 0.15) is 5.75 Å². The quantitative estimate of drug-likeness (QED) is 0.195. The second kappa shape index (κ2) is 10.9. The Labute approximate surface area is 202 Å². The molecule has 1 saturated heterocycles. The minimum atomic E-state index is -0.767. The minimum Gasteiger partial charge on any atom is -0.474 e. The zero-order valence-electron chi connectivity index (χ0n) is 20.2. The molecule has 4 rings (SSSR count). The summed E-state index contributed by atoms with van der Waals surface area (Å²) in [6.45, 7) is 6.46. The van der Waals surface area contributed by atoms with Gasteiger partial charge in [-0.05, 0) is 64.3 Å². The number of unbranched alkanes of at least 4 members (excludes halogenated alkanes) is 2. The number of ether oxygens (including phenoxy) is 1. The van der Waals surface area contributed by atoms with E-state index in [0.29, 0.717) is 35.5 Å². The molecule has 2 heterocycles. The van der Waals surface area contributed by atoms with E-state index in [1.165, 1.54) is 19.3 Å². The van der Waals surface area contributed by atoms with E-state index >= 15 is 0 Å². The third kappa shape index (κ3) is 5.20. The molecule has 1 unspecified atom stereocenters. The molecule has 0 radical (unpaired) electrons. The van der Waals surface area contributed by atoms with Gasteiger partial charge in [-0.2, -0.15) is 0 Å². The predicted molar refractivity (Wildman–Crippen MR) is 134 cm³/mol. The Balaban J connectivity index is 1.43. The lowest BCUT2D eigenvalue weighted by atomic mass is 9.97. The van der Waals surface area contributed by atoms with Gasteiger partial charge in [-0.3, -0.25) is 9.69 Å². The predicted octanol–water partition coefficient (Wildman–Crippen LogP) is 4.68. The molecule has 0 bridgehead atoms. The van der Waals surface area contributed by atoms with Gasteiger partial charge < -0.3 is 20.6 Å². The highest BCUT2D eigenvalue weighted by molar-refractivity contribution is 6.01. The van der Waals surface area contributed by atoms with Gasteiger partial charge in [-0.25, -0.2) is 0 Å². The average molecular weight is 465 g/mol. The summed E-state index contributed by atoms with van der Waals surface area (Å²) < 4.78 is 6.12. The number of rotatable bonds is 8. The number of benzene rings is 2. The molecule has 2 aliphatic heterocycles. The summed E-state index contributed by atoms with van der Waals surface area (Å²) in [5.74, 6) is 0.602. The number of carbonyl (C=O) groups is 1. The molecule has 1 fully saturated rings. The van der Waals surface area contributed by atoms with Gasteiger partial charge in [0.15, 0.2) is 5.84 Å². The Bertz CT molecular complexity index is 1010. The van der Waals surface area contributed by atoms with E-state index in [4.69, 9.17) is 15.7 Å². The lowest BCUT2D eigenvalue weighted by Crippen LogP contribution is -2.44. The first kappa shape index (κ1) is 24.1. The Kier molecular flexibility index (Phi) is 7.73. The molecule has 2 aromatic carbocycles. The molecule has 182 valence electrons. The van der Waals surface area contributed by atoms with Crippen LogP contribution in [-0.2, 0) is 4.79 Å². The van der Waals surface area contributed by atoms with E-state index in [0.717, 1.165) is 31.5 Å². The molecule has 7 nitrogen and oxygen atoms in total. The van der Waals surface area contributed by atoms with E-state index < -0.39 is 6.10 Å². The molecule has 2 aliphatic rings. The molecular formula is C27H36N4O3. The van der Waals surface area contributed by atoms with Crippen LogP contribution in [0.1, 0.15) is 69.6 Å². The van der Waals surface area contributed by atoms with E-state index in [-0.39, 0.29) is 11.7 Å². The summed E-state index contributed by atoms with van der Waals surface area (Å²) in [4.78, 5) is 18.0. The lowest BCUT2D eigenvalue weighted by molar-refractivity contribution is -0.126. The van der Waals surface area contributed by atoms with Gasteiger partial charge in [0.05, 0.1) is 5.69 Å². The van der Waals surface area contributed by atoms with Gasteiger partial charge in [0, 0.05) is 29.8 Å². The molecule has 3 atom stereocenters. The van der Waals surface area contributed by atoms with Crippen LogP contribution < -0.4 is 15.4 Å². The molecule has 0 spiro atoms. The van der Waals surface area contributed by atoms with E-state index in [2.05, 4.69) is 23.9 Å². The molecule has 0 aliphatic carbocycles. The van der Waals surface area contributed by atoms with Crippen LogP contribution in [0.3, 0.4) is 0 Å². The number of para-hydroxylation sites is 2. The van der Waals surface area contributed by atoms with E-state index in [9.17, 15) is 4.79 Å². The van der Waals surface area contributed by atoms with Crippen molar-refractivity contribution < 1.29 is 14.7 Å². The number of oxime groups is 1. The highest BCUT2D eigenvalue weighted by Gasteiger charge is 2.35. The van der Waals surface area contributed by atoms with Gasteiger partial charge in [-0.15, -0.1) is 0 Å². The molecule has 0 saturated carbocycles. The van der Waals surface area contributed by atoms with Crippen molar-refractivity contribution in [1.29, 1.82) is 0 Å². The molecule has 2 aromatic rings. The number of amides is 1. The fraction of sp³-hybridized carbons (Fsp3) is 0.481. The highest BCUT2D eigenvalue weighted by Crippen LogP contribution is 2.39. The van der Waals surface area contributed by atoms with Gasteiger partial charge in [0.2, 0.25) is 6.10 Å². The Morgan fingerprint density at radius 2 is 1.79 bits per heavy atom. The summed E-state index contributed by atoms with van der Waals surface area (Å²) in [5.41, 5.74) is 7.80. The lowest BCUT2D eigenvalue weighted by Gasteiger charge is -2.39. The normalized spacial score (nSPS) is 23.5. The fourth-order valence-corrected chi connectivity index (χ4v) is 5.23. The van der Waals surface area contributed by atoms with Crippen LogP contribution in [-0.4, -0.2) is 47.0 Å². The van der Waals surface area contributed by atoms with Crippen LogP contribution in [0.25, 0.3) is 0 Å². The summed E-state index contributed by atoms with van der Waals surface area (Å²) in [5, 5.41) is 12.1. The number of hydrogen-bond donors (Lipinski definition) is 2. The topological polar surface area (TPSA) is 91.4 Å². The van der Waals surface area contributed by atoms with Crippen LogP contribution in [0.5, 0.6) is 5.75 Å². The summed E-state index contributed by atoms with van der Waals surface area (Å²) in [7, 11) is 0. The summed E-state index contributed by atoms with van der Waals surface area (Å²) in [6.07, 6.45) is 6.31. The third-order valence-electron chi connectivity index (χ3n) is 7.16. The molecule has 7 heteroatoms. The van der Waals surface area contributed by atoms with E-state index in [1.54, 1.807) is 18.2 Å². The maximum atomic E-state index is 13.5. The molecule has 3 N–H and O–H groups in total. The highest BCUT2D eigenvalue weighted by atomic mass is 16.5. The number of likely N-dealkylation sites (tertiary alicyclic amines) is 1.